The first kappa shape index (κ1) is 56.3. The second-order valence-corrected chi connectivity index (χ2v) is 20.1. The van der Waals surface area contributed by atoms with Crippen LogP contribution < -0.4 is 21.3 Å². The van der Waals surface area contributed by atoms with Crippen LogP contribution in [0.5, 0.6) is 0 Å². The molecule has 0 spiro atoms. The predicted molar refractivity (Wildman–Crippen MR) is 284 cm³/mol. The van der Waals surface area contributed by atoms with E-state index in [1.807, 2.05) is 84.5 Å². The number of aromatic nitrogens is 4. The number of rotatable bonds is 19. The number of imide groups is 2. The number of piperidine rings is 2. The monoisotopic (exact) mass is 1040 g/mol. The van der Waals surface area contributed by atoms with Gasteiger partial charge in [0, 0.05) is 72.0 Å². The number of alkyl carbamates (subject to hydrolysis) is 2. The van der Waals surface area contributed by atoms with Crippen LogP contribution in [0.4, 0.5) is 9.59 Å². The van der Waals surface area contributed by atoms with Gasteiger partial charge in [-0.3, -0.25) is 29.8 Å². The fraction of sp³-hybridized carbons (Fsp3) is 0.464. The van der Waals surface area contributed by atoms with Crippen LogP contribution in [0.15, 0.2) is 73.1 Å². The molecule has 0 aliphatic carbocycles. The zero-order valence-corrected chi connectivity index (χ0v) is 44.1. The van der Waals surface area contributed by atoms with E-state index in [2.05, 4.69) is 49.1 Å². The number of hydrogen-bond acceptors (Lipinski definition) is 14. The Hall–Kier alpha value is -7.44. The minimum atomic E-state index is -0.535. The van der Waals surface area contributed by atoms with Crippen molar-refractivity contribution in [2.75, 3.05) is 65.9 Å². The van der Waals surface area contributed by atoms with Crippen LogP contribution in [0, 0.1) is 11.8 Å². The fourth-order valence-electron chi connectivity index (χ4n) is 8.96. The molecule has 0 saturated carbocycles. The molecular weight excluding hydrogens is 977 g/mol. The number of benzene rings is 2. The van der Waals surface area contributed by atoms with E-state index in [1.165, 1.54) is 5.56 Å². The number of pyridine rings is 2. The Labute approximate surface area is 441 Å². The van der Waals surface area contributed by atoms with E-state index >= 15 is 0 Å². The molecule has 20 nitrogen and oxygen atoms in total. The fourth-order valence-corrected chi connectivity index (χ4v) is 8.96. The lowest BCUT2D eigenvalue weighted by Gasteiger charge is -2.23. The number of fused-ring (bicyclic) bond motifs is 6. The first-order valence-corrected chi connectivity index (χ1v) is 25.6. The number of aryl methyl sites for hydroxylation is 1. The van der Waals surface area contributed by atoms with Crippen molar-refractivity contribution in [2.45, 2.75) is 103 Å². The summed E-state index contributed by atoms with van der Waals surface area (Å²) in [5.41, 5.74) is 4.13. The average molecular weight is 1050 g/mol. The lowest BCUT2D eigenvalue weighted by molar-refractivity contribution is -0.137. The highest BCUT2D eigenvalue weighted by molar-refractivity contribution is 6.12. The van der Waals surface area contributed by atoms with Gasteiger partial charge in [-0.05, 0) is 115 Å². The molecule has 2 atom stereocenters. The number of nitrogens with zero attached hydrogens (tertiary/aromatic N) is 4. The van der Waals surface area contributed by atoms with E-state index in [4.69, 9.17) is 28.4 Å². The van der Waals surface area contributed by atoms with Crippen LogP contribution in [0.1, 0.15) is 96.9 Å². The zero-order chi connectivity index (χ0) is 54.2. The highest BCUT2D eigenvalue weighted by atomic mass is 16.6. The molecule has 2 aromatic carbocycles. The molecule has 0 radical (unpaired) electrons. The molecule has 6 aromatic rings. The SMILES string of the molecule is CC(C)(C)OC(=O)NCCOCCOCC#Cc1cccc2c1c1cccnc1n2C1CCC(=O)NC1=O.CC(C)(C)OC(=O)NCCOCCOCCCc1cccc2c1c1cccnc1n2C1CCC(=O)NC1=O. The number of nitrogens with one attached hydrogen (secondary N) is 4. The quantitative estimate of drug-likeness (QED) is 0.0374. The van der Waals surface area contributed by atoms with Crippen molar-refractivity contribution in [3.05, 3.63) is 84.2 Å². The van der Waals surface area contributed by atoms with Gasteiger partial charge >= 0.3 is 12.2 Å². The molecule has 76 heavy (non-hydrogen) atoms. The van der Waals surface area contributed by atoms with Crippen molar-refractivity contribution >= 4 is 79.7 Å². The molecule has 404 valence electrons. The molecule has 2 aliphatic rings. The first-order chi connectivity index (χ1) is 36.5. The van der Waals surface area contributed by atoms with Crippen molar-refractivity contribution in [1.82, 2.24) is 40.4 Å². The van der Waals surface area contributed by atoms with Gasteiger partial charge < -0.3 is 48.2 Å². The van der Waals surface area contributed by atoms with Gasteiger partial charge in [-0.25, -0.2) is 19.6 Å². The largest absolute Gasteiger partial charge is 0.444 e. The van der Waals surface area contributed by atoms with Gasteiger partial charge in [0.25, 0.3) is 0 Å². The summed E-state index contributed by atoms with van der Waals surface area (Å²) < 4.78 is 36.5. The summed E-state index contributed by atoms with van der Waals surface area (Å²) in [6.07, 6.45) is 5.59. The molecule has 20 heteroatoms. The maximum atomic E-state index is 12.7. The minimum absolute atomic E-state index is 0.222. The van der Waals surface area contributed by atoms with Crippen molar-refractivity contribution < 1.29 is 57.2 Å². The third-order valence-electron chi connectivity index (χ3n) is 12.0. The second-order valence-electron chi connectivity index (χ2n) is 20.1. The summed E-state index contributed by atoms with van der Waals surface area (Å²) in [5, 5.41) is 14.1. The average Bonchev–Trinajstić information content (AvgIpc) is 3.94. The summed E-state index contributed by atoms with van der Waals surface area (Å²) in [4.78, 5) is 81.0. The van der Waals surface area contributed by atoms with Crippen LogP contribution in [0.3, 0.4) is 0 Å². The number of ether oxygens (including phenoxy) is 6. The van der Waals surface area contributed by atoms with Gasteiger partial charge in [-0.1, -0.05) is 30.0 Å². The Balaban J connectivity index is 0.000000221. The highest BCUT2D eigenvalue weighted by Crippen LogP contribution is 2.37. The molecule has 2 fully saturated rings. The third kappa shape index (κ3) is 15.3. The van der Waals surface area contributed by atoms with Gasteiger partial charge in [-0.2, -0.15) is 0 Å². The van der Waals surface area contributed by atoms with Gasteiger partial charge in [0.1, 0.15) is 41.2 Å². The maximum Gasteiger partial charge on any atom is 0.407 e. The number of carbonyl (C=O) groups excluding carboxylic acids is 6. The van der Waals surface area contributed by atoms with Crippen molar-refractivity contribution in [3.63, 3.8) is 0 Å². The van der Waals surface area contributed by atoms with Gasteiger partial charge in [0.2, 0.25) is 23.6 Å². The summed E-state index contributed by atoms with van der Waals surface area (Å²) in [6, 6.07) is 18.6. The Morgan fingerprint density at radius 1 is 0.618 bits per heavy atom. The number of carbonyl (C=O) groups is 6. The molecule has 2 unspecified atom stereocenters. The minimum Gasteiger partial charge on any atom is -0.444 e. The van der Waals surface area contributed by atoms with Gasteiger partial charge in [0.05, 0.1) is 50.7 Å². The van der Waals surface area contributed by atoms with Crippen LogP contribution in [-0.4, -0.2) is 132 Å². The molecule has 6 heterocycles. The van der Waals surface area contributed by atoms with Crippen LogP contribution >= 0.6 is 0 Å². The van der Waals surface area contributed by atoms with E-state index < -0.39 is 35.5 Å². The van der Waals surface area contributed by atoms with Crippen LogP contribution in [-0.2, 0) is 54.0 Å². The topological polar surface area (TPSA) is 242 Å². The molecule has 2 aliphatic heterocycles. The summed E-state index contributed by atoms with van der Waals surface area (Å²) in [6.45, 7) is 14.8. The van der Waals surface area contributed by atoms with E-state index in [9.17, 15) is 28.8 Å². The van der Waals surface area contributed by atoms with Crippen molar-refractivity contribution in [3.8, 4) is 11.8 Å². The molecular formula is C56H68N8O12. The summed E-state index contributed by atoms with van der Waals surface area (Å²) in [7, 11) is 0. The molecule has 6 amide bonds. The lowest BCUT2D eigenvalue weighted by Crippen LogP contribution is -2.41. The van der Waals surface area contributed by atoms with Crippen LogP contribution in [0.2, 0.25) is 0 Å². The van der Waals surface area contributed by atoms with Crippen molar-refractivity contribution in [2.24, 2.45) is 0 Å². The third-order valence-corrected chi connectivity index (χ3v) is 12.0. The Kier molecular flexibility index (Phi) is 19.5. The molecule has 4 aromatic heterocycles. The standard InChI is InChI=1S/C28H36N4O6.C28H32N4O6/c2*1-28(2,3)38-27(35)30-14-16-37-18-17-36-15-6-8-19-7-4-10-21-24(19)20-9-5-13-29-25(20)32(21)22-11-12-23(33)31-26(22)34/h4-5,7,9-10,13,22H,6,8,11-12,14-18H2,1-3H3,(H,30,35)(H,31,33,34);4-5,7,9-10,13,22H,11-12,14-18H2,1-3H3,(H,30,35)(H,31,33,34). The normalized spacial score (nSPS) is 15.9. The van der Waals surface area contributed by atoms with Gasteiger partial charge in [-0.15, -0.1) is 0 Å². The van der Waals surface area contributed by atoms with Crippen molar-refractivity contribution in [1.29, 1.82) is 0 Å². The number of hydrogen-bond donors (Lipinski definition) is 4. The summed E-state index contributed by atoms with van der Waals surface area (Å²) in [5.74, 6) is 5.14. The zero-order valence-electron chi connectivity index (χ0n) is 44.1. The smallest absolute Gasteiger partial charge is 0.407 e. The molecule has 4 N–H and O–H groups in total. The predicted octanol–water partition coefficient (Wildman–Crippen LogP) is 6.73. The molecule has 8 rings (SSSR count). The highest BCUT2D eigenvalue weighted by Gasteiger charge is 2.33. The van der Waals surface area contributed by atoms with E-state index in [0.717, 1.165) is 56.6 Å². The van der Waals surface area contributed by atoms with E-state index in [-0.39, 0.29) is 36.7 Å². The van der Waals surface area contributed by atoms with Gasteiger partial charge in [0.15, 0.2) is 0 Å². The molecule has 0 bridgehead atoms. The Morgan fingerprint density at radius 3 is 1.63 bits per heavy atom. The van der Waals surface area contributed by atoms with Crippen LogP contribution in [0.25, 0.3) is 43.9 Å². The first-order valence-electron chi connectivity index (χ1n) is 25.6. The van der Waals surface area contributed by atoms with E-state index in [0.29, 0.717) is 84.2 Å². The maximum absolute atomic E-state index is 12.7. The Bertz CT molecular complexity index is 3100. The number of amides is 6. The Morgan fingerprint density at radius 2 is 1.11 bits per heavy atom. The molecule has 2 saturated heterocycles. The summed E-state index contributed by atoms with van der Waals surface area (Å²) >= 11 is 0. The van der Waals surface area contributed by atoms with E-state index in [1.54, 1.807) is 33.2 Å². The second kappa shape index (κ2) is 26.4. The lowest BCUT2D eigenvalue weighted by atomic mass is 10.0.